The van der Waals surface area contributed by atoms with Crippen LogP contribution in [0.15, 0.2) is 70.2 Å². The summed E-state index contributed by atoms with van der Waals surface area (Å²) in [5.74, 6) is -0.191. The van der Waals surface area contributed by atoms with Gasteiger partial charge in [0.1, 0.15) is 0 Å². The lowest BCUT2D eigenvalue weighted by molar-refractivity contribution is -0.117. The van der Waals surface area contributed by atoms with E-state index >= 15 is 0 Å². The highest BCUT2D eigenvalue weighted by Gasteiger charge is 2.35. The van der Waals surface area contributed by atoms with Crippen molar-refractivity contribution in [2.75, 3.05) is 23.4 Å². The van der Waals surface area contributed by atoms with Crippen molar-refractivity contribution in [2.45, 2.75) is 24.8 Å². The van der Waals surface area contributed by atoms with Crippen LogP contribution in [-0.2, 0) is 14.8 Å². The number of hydrogen-bond acceptors (Lipinski definition) is 5. The van der Waals surface area contributed by atoms with Gasteiger partial charge >= 0.3 is 0 Å². The monoisotopic (exact) mass is 453 g/mol. The number of carbonyl (C=O) groups excluding carboxylic acids is 2. The first-order chi connectivity index (χ1) is 15.2. The minimum Gasteiger partial charge on any atom is -0.459 e. The fourth-order valence-electron chi connectivity index (χ4n) is 3.95. The van der Waals surface area contributed by atoms with E-state index in [2.05, 4.69) is 4.72 Å². The average molecular weight is 454 g/mol. The molecule has 0 saturated heterocycles. The van der Waals surface area contributed by atoms with Gasteiger partial charge in [-0.2, -0.15) is 0 Å². The van der Waals surface area contributed by atoms with E-state index in [9.17, 15) is 18.0 Å². The van der Waals surface area contributed by atoms with E-state index in [-0.39, 0.29) is 28.5 Å². The molecule has 1 atom stereocenters. The molecule has 1 aromatic heterocycles. The molecule has 1 N–H and O–H groups in total. The van der Waals surface area contributed by atoms with Crippen LogP contribution in [0, 0.1) is 0 Å². The summed E-state index contributed by atoms with van der Waals surface area (Å²) in [5.41, 5.74) is 2.78. The van der Waals surface area contributed by atoms with Crippen molar-refractivity contribution in [1.29, 1.82) is 0 Å². The van der Waals surface area contributed by atoms with Crippen molar-refractivity contribution < 1.29 is 22.4 Å². The van der Waals surface area contributed by atoms with Crippen molar-refractivity contribution in [2.24, 2.45) is 0 Å². The van der Waals surface area contributed by atoms with Crippen molar-refractivity contribution >= 4 is 33.2 Å². The molecular formula is C23H23N3O5S. The van der Waals surface area contributed by atoms with Gasteiger partial charge in [0, 0.05) is 13.5 Å². The lowest BCUT2D eigenvalue weighted by Crippen LogP contribution is -2.51. The van der Waals surface area contributed by atoms with Gasteiger partial charge in [0.2, 0.25) is 15.9 Å². The molecule has 9 heteroatoms. The molecule has 0 unspecified atom stereocenters. The lowest BCUT2D eigenvalue weighted by Gasteiger charge is -2.40. The third-order valence-electron chi connectivity index (χ3n) is 5.50. The summed E-state index contributed by atoms with van der Waals surface area (Å²) in [7, 11) is -2.18. The smallest absolute Gasteiger partial charge is 0.294 e. The van der Waals surface area contributed by atoms with E-state index in [4.69, 9.17) is 4.42 Å². The van der Waals surface area contributed by atoms with Crippen molar-refractivity contribution in [1.82, 2.24) is 4.72 Å². The van der Waals surface area contributed by atoms with E-state index < -0.39 is 10.0 Å². The van der Waals surface area contributed by atoms with E-state index in [0.717, 1.165) is 11.1 Å². The largest absolute Gasteiger partial charge is 0.459 e. The predicted octanol–water partition coefficient (Wildman–Crippen LogP) is 3.26. The van der Waals surface area contributed by atoms with E-state index in [1.54, 1.807) is 34.1 Å². The van der Waals surface area contributed by atoms with Gasteiger partial charge < -0.3 is 14.2 Å². The summed E-state index contributed by atoms with van der Waals surface area (Å²) in [4.78, 5) is 28.9. The minimum absolute atomic E-state index is 0.113. The molecule has 2 aromatic carbocycles. The molecule has 0 spiro atoms. The second-order valence-electron chi connectivity index (χ2n) is 7.57. The summed E-state index contributed by atoms with van der Waals surface area (Å²) >= 11 is 0. The quantitative estimate of drug-likeness (QED) is 0.654. The zero-order chi connectivity index (χ0) is 23.0. The Bertz CT molecular complexity index is 1270. The zero-order valence-electron chi connectivity index (χ0n) is 17.9. The van der Waals surface area contributed by atoms with Crippen LogP contribution in [0.5, 0.6) is 0 Å². The molecule has 0 radical (unpaired) electrons. The van der Waals surface area contributed by atoms with Gasteiger partial charge in [0.05, 0.1) is 28.6 Å². The maximum absolute atomic E-state index is 13.1. The van der Waals surface area contributed by atoms with Gasteiger partial charge in [0.15, 0.2) is 5.76 Å². The maximum atomic E-state index is 13.1. The number of sulfonamides is 1. The number of amides is 2. The molecule has 0 aliphatic carbocycles. The van der Waals surface area contributed by atoms with Crippen LogP contribution < -0.4 is 14.5 Å². The molecule has 2 amide bonds. The molecule has 0 saturated carbocycles. The zero-order valence-corrected chi connectivity index (χ0v) is 18.7. The number of benzene rings is 2. The van der Waals surface area contributed by atoms with E-state index in [0.29, 0.717) is 17.9 Å². The maximum Gasteiger partial charge on any atom is 0.294 e. The lowest BCUT2D eigenvalue weighted by atomic mass is 10.0. The highest BCUT2D eigenvalue weighted by atomic mass is 32.2. The van der Waals surface area contributed by atoms with Crippen LogP contribution >= 0.6 is 0 Å². The number of nitrogens with one attached hydrogen (secondary N) is 1. The normalized spacial score (nSPS) is 16.0. The van der Waals surface area contributed by atoms with Crippen molar-refractivity contribution in [3.63, 3.8) is 0 Å². The van der Waals surface area contributed by atoms with E-state index in [1.165, 1.54) is 32.4 Å². The van der Waals surface area contributed by atoms with Crippen LogP contribution in [0.2, 0.25) is 0 Å². The molecule has 0 bridgehead atoms. The highest BCUT2D eigenvalue weighted by molar-refractivity contribution is 7.89. The predicted molar refractivity (Wildman–Crippen MR) is 121 cm³/mol. The number of hydrogen-bond donors (Lipinski definition) is 1. The minimum atomic E-state index is -3.54. The second kappa shape index (κ2) is 8.25. The Hall–Kier alpha value is -3.43. The molecule has 4 rings (SSSR count). The first-order valence-electron chi connectivity index (χ1n) is 10.1. The standard InChI is InChI=1S/C23H23N3O5S/c1-15-14-25(23(28)22-5-4-12-31-22)21-13-18(8-11-20(21)26(15)16(2)27)17-6-9-19(10-7-17)32(29,30)24-3/h4-13,15,24H,14H2,1-3H3/t15-/m0/s1. The summed E-state index contributed by atoms with van der Waals surface area (Å²) in [6, 6.07) is 15.0. The van der Waals surface area contributed by atoms with Crippen LogP contribution in [-0.4, -0.2) is 39.9 Å². The number of anilines is 2. The van der Waals surface area contributed by atoms with Crippen molar-refractivity contribution in [3.8, 4) is 11.1 Å². The molecule has 1 aliphatic rings. The van der Waals surface area contributed by atoms with Crippen LogP contribution in [0.4, 0.5) is 11.4 Å². The Morgan fingerprint density at radius 1 is 1.03 bits per heavy atom. The summed E-state index contributed by atoms with van der Waals surface area (Å²) in [6.45, 7) is 3.70. The molecule has 3 aromatic rings. The van der Waals surface area contributed by atoms with Gasteiger partial charge in [-0.1, -0.05) is 18.2 Å². The number of fused-ring (bicyclic) bond motifs is 1. The van der Waals surface area contributed by atoms with Gasteiger partial charge in [-0.25, -0.2) is 13.1 Å². The first-order valence-corrected chi connectivity index (χ1v) is 11.5. The Balaban J connectivity index is 1.80. The fourth-order valence-corrected chi connectivity index (χ4v) is 4.68. The molecular weight excluding hydrogens is 430 g/mol. The van der Waals surface area contributed by atoms with Gasteiger partial charge in [-0.3, -0.25) is 9.59 Å². The molecule has 8 nitrogen and oxygen atoms in total. The summed E-state index contributed by atoms with van der Waals surface area (Å²) in [6.07, 6.45) is 1.45. The Labute approximate surface area is 186 Å². The van der Waals surface area contributed by atoms with Crippen LogP contribution in [0.1, 0.15) is 24.4 Å². The fraction of sp³-hybridized carbons (Fsp3) is 0.217. The molecule has 1 aliphatic heterocycles. The summed E-state index contributed by atoms with van der Waals surface area (Å²) in [5, 5.41) is 0. The third-order valence-corrected chi connectivity index (χ3v) is 6.93. The number of furan rings is 1. The van der Waals surface area contributed by atoms with Crippen molar-refractivity contribution in [3.05, 3.63) is 66.6 Å². The molecule has 0 fully saturated rings. The average Bonchev–Trinajstić information content (AvgIpc) is 3.32. The number of carbonyl (C=O) groups is 2. The van der Waals surface area contributed by atoms with Gasteiger partial charge in [-0.05, 0) is 61.5 Å². The Kier molecular flexibility index (Phi) is 5.62. The van der Waals surface area contributed by atoms with Crippen LogP contribution in [0.25, 0.3) is 11.1 Å². The Morgan fingerprint density at radius 2 is 1.72 bits per heavy atom. The molecule has 2 heterocycles. The van der Waals surface area contributed by atoms with Gasteiger partial charge in [-0.15, -0.1) is 0 Å². The highest BCUT2D eigenvalue weighted by Crippen LogP contribution is 2.39. The first kappa shape index (κ1) is 21.8. The third kappa shape index (κ3) is 3.80. The summed E-state index contributed by atoms with van der Waals surface area (Å²) < 4.78 is 31.6. The molecule has 166 valence electrons. The SMILES string of the molecule is CNS(=O)(=O)c1ccc(-c2ccc3c(c2)N(C(=O)c2ccco2)C[C@H](C)N3C(C)=O)cc1. The number of rotatable bonds is 4. The number of nitrogens with zero attached hydrogens (tertiary/aromatic N) is 2. The van der Waals surface area contributed by atoms with Gasteiger partial charge in [0.25, 0.3) is 5.91 Å². The Morgan fingerprint density at radius 3 is 2.31 bits per heavy atom. The molecule has 32 heavy (non-hydrogen) atoms. The van der Waals surface area contributed by atoms with E-state index in [1.807, 2.05) is 25.1 Å². The second-order valence-corrected chi connectivity index (χ2v) is 9.45. The topological polar surface area (TPSA) is 99.9 Å². The van der Waals surface area contributed by atoms with Crippen LogP contribution in [0.3, 0.4) is 0 Å².